The van der Waals surface area contributed by atoms with Gasteiger partial charge in [0.05, 0.1) is 38.1 Å². The van der Waals surface area contributed by atoms with Crippen molar-refractivity contribution >= 4 is 58.8 Å². The second kappa shape index (κ2) is 25.7. The molecule has 0 radical (unpaired) electrons. The maximum absolute atomic E-state index is 12.9. The van der Waals surface area contributed by atoms with E-state index < -0.39 is 35.3 Å². The average Bonchev–Trinajstić information content (AvgIpc) is 3.56. The van der Waals surface area contributed by atoms with Crippen LogP contribution in [0, 0.1) is 29.2 Å². The Morgan fingerprint density at radius 1 is 0.843 bits per heavy atom. The van der Waals surface area contributed by atoms with Crippen LogP contribution in [0.5, 0.6) is 0 Å². The summed E-state index contributed by atoms with van der Waals surface area (Å²) in [5, 5.41) is 26.6. The Kier molecular flexibility index (Phi) is 20.5. The van der Waals surface area contributed by atoms with Crippen molar-refractivity contribution in [3.8, 4) is 12.1 Å². The number of nitrogens with zero attached hydrogens (tertiary/aromatic N) is 7. The van der Waals surface area contributed by atoms with Crippen molar-refractivity contribution in [3.05, 3.63) is 104 Å². The van der Waals surface area contributed by atoms with Gasteiger partial charge in [-0.1, -0.05) is 59.6 Å². The third kappa shape index (κ3) is 16.1. The number of hydrogen-bond acceptors (Lipinski definition) is 14. The van der Waals surface area contributed by atoms with Crippen molar-refractivity contribution < 1.29 is 38.1 Å². The molecule has 4 N–H and O–H groups in total. The lowest BCUT2D eigenvalue weighted by molar-refractivity contribution is -0.144. The first-order valence-corrected chi connectivity index (χ1v) is 23.9. The standard InChI is InChI=1S/2C25H32ClN5O4/c1-5-34-23(32)21-20(28)18(13-27)22(31(21)14-16-9-6-7-11-19(16)26)30-12-8-10-17(15-30)29-24(33)35-25(2,3)4;1-6-34-22(32)17-31(15-18-10-7-8-12-20(18)26)23(21(14-27)28-5)30-13-9-11-19(16-30)29-24(33)35-25(2,3)4/h6-7,9,11,17H,5,8,10,12,14-15,28H2,1-4H3,(H,29,33);7-8,10,12,19H,6,9,11,13,15-17H2,1-4H3,(H,29,33)/b;23-21+/t17-;19-/m11/s1. The third-order valence-electron chi connectivity index (χ3n) is 10.7. The molecule has 3 heterocycles. The molecule has 0 unspecified atom stereocenters. The highest BCUT2D eigenvalue weighted by atomic mass is 35.5. The van der Waals surface area contributed by atoms with E-state index in [9.17, 15) is 29.7 Å². The van der Waals surface area contributed by atoms with E-state index in [-0.39, 0.29) is 67.6 Å². The molecule has 0 bridgehead atoms. The zero-order valence-corrected chi connectivity index (χ0v) is 42.7. The predicted octanol–water partition coefficient (Wildman–Crippen LogP) is 8.62. The summed E-state index contributed by atoms with van der Waals surface area (Å²) in [5.41, 5.74) is 6.81. The van der Waals surface area contributed by atoms with Gasteiger partial charge in [-0.2, -0.15) is 5.26 Å². The number of esters is 2. The van der Waals surface area contributed by atoms with Crippen LogP contribution < -0.4 is 21.3 Å². The zero-order chi connectivity index (χ0) is 51.8. The largest absolute Gasteiger partial charge is 0.465 e. The molecule has 0 saturated carbocycles. The molecule has 2 saturated heterocycles. The number of aromatic nitrogens is 1. The van der Waals surface area contributed by atoms with Gasteiger partial charge in [-0.3, -0.25) is 4.79 Å². The number of benzene rings is 2. The summed E-state index contributed by atoms with van der Waals surface area (Å²) < 4.78 is 22.9. The van der Waals surface area contributed by atoms with Gasteiger partial charge in [0.25, 0.3) is 0 Å². The zero-order valence-electron chi connectivity index (χ0n) is 41.2. The number of carbonyl (C=O) groups is 4. The number of nitrogen functional groups attached to an aromatic ring is 1. The van der Waals surface area contributed by atoms with Gasteiger partial charge in [0, 0.05) is 54.9 Å². The van der Waals surface area contributed by atoms with Crippen LogP contribution in [-0.4, -0.2) is 108 Å². The van der Waals surface area contributed by atoms with E-state index in [1.165, 1.54) is 0 Å². The Labute approximate surface area is 420 Å². The molecule has 20 heteroatoms. The van der Waals surface area contributed by atoms with E-state index in [1.54, 1.807) is 83.1 Å². The number of carbonyl (C=O) groups excluding carboxylic acids is 4. The molecule has 0 aliphatic carbocycles. The molecule has 5 rings (SSSR count). The van der Waals surface area contributed by atoms with Gasteiger partial charge < -0.3 is 54.6 Å². The van der Waals surface area contributed by atoms with Gasteiger partial charge >= 0.3 is 29.8 Å². The quantitative estimate of drug-likeness (QED) is 0.0596. The molecule has 3 aromatic rings. The van der Waals surface area contributed by atoms with Gasteiger partial charge in [0.15, 0.2) is 5.69 Å². The molecular weight excluding hydrogens is 940 g/mol. The van der Waals surface area contributed by atoms with Crippen LogP contribution in [0.15, 0.2) is 60.0 Å². The number of alkyl carbamates (subject to hydrolysis) is 2. The minimum Gasteiger partial charge on any atom is -0.465 e. The first kappa shape index (κ1) is 55.8. The fourth-order valence-corrected chi connectivity index (χ4v) is 8.37. The van der Waals surface area contributed by atoms with Crippen molar-refractivity contribution in [3.63, 3.8) is 0 Å². The Hall–Kier alpha value is -6.81. The second-order valence-electron chi connectivity index (χ2n) is 18.5. The van der Waals surface area contributed by atoms with E-state index >= 15 is 0 Å². The molecule has 2 amide bonds. The molecule has 2 aliphatic rings. The Bertz CT molecular complexity index is 2480. The van der Waals surface area contributed by atoms with Gasteiger partial charge in [0.2, 0.25) is 0 Å². The van der Waals surface area contributed by atoms with E-state index in [0.29, 0.717) is 60.7 Å². The summed E-state index contributed by atoms with van der Waals surface area (Å²) >= 11 is 12.8. The number of nitrogens with two attached hydrogens (primary N) is 1. The molecule has 2 atom stereocenters. The number of ether oxygens (including phenoxy) is 4. The Balaban J connectivity index is 0.000000305. The van der Waals surface area contributed by atoms with Gasteiger partial charge in [-0.25, -0.2) is 24.5 Å². The smallest absolute Gasteiger partial charge is 0.407 e. The van der Waals surface area contributed by atoms with E-state index in [1.807, 2.05) is 46.2 Å². The molecular formula is C50H64Cl2N10O8. The molecule has 2 fully saturated rings. The van der Waals surface area contributed by atoms with Crippen molar-refractivity contribution in [2.75, 3.05) is 56.6 Å². The predicted molar refractivity (Wildman–Crippen MR) is 266 cm³/mol. The Morgan fingerprint density at radius 3 is 1.90 bits per heavy atom. The number of allylic oxidation sites excluding steroid dienone is 1. The normalized spacial score (nSPS) is 16.1. The monoisotopic (exact) mass is 1000 g/mol. The first-order chi connectivity index (χ1) is 33.1. The summed E-state index contributed by atoms with van der Waals surface area (Å²) in [7, 11) is 0. The molecule has 70 heavy (non-hydrogen) atoms. The minimum absolute atomic E-state index is 0.0650. The highest BCUT2D eigenvalue weighted by Crippen LogP contribution is 2.36. The summed E-state index contributed by atoms with van der Waals surface area (Å²) in [6.07, 6.45) is 1.91. The highest BCUT2D eigenvalue weighted by Gasteiger charge is 2.34. The van der Waals surface area contributed by atoms with Gasteiger partial charge in [0.1, 0.15) is 41.0 Å². The lowest BCUT2D eigenvalue weighted by Crippen LogP contribution is -2.51. The third-order valence-corrected chi connectivity index (χ3v) is 11.4. The summed E-state index contributed by atoms with van der Waals surface area (Å²) in [6, 6.07) is 18.2. The summed E-state index contributed by atoms with van der Waals surface area (Å²) in [5.74, 6) is -0.283. The fraction of sp³-hybridized carbons (Fsp3) is 0.500. The minimum atomic E-state index is -0.632. The van der Waals surface area contributed by atoms with E-state index in [2.05, 4.69) is 21.5 Å². The van der Waals surface area contributed by atoms with Gasteiger partial charge in [-0.05, 0) is 104 Å². The second-order valence-corrected chi connectivity index (χ2v) is 19.3. The van der Waals surface area contributed by atoms with Crippen molar-refractivity contribution in [2.45, 2.75) is 117 Å². The molecule has 0 spiro atoms. The number of piperidine rings is 2. The van der Waals surface area contributed by atoms with Gasteiger partial charge in [-0.15, -0.1) is 0 Å². The summed E-state index contributed by atoms with van der Waals surface area (Å²) in [4.78, 5) is 59.0. The van der Waals surface area contributed by atoms with Crippen LogP contribution in [0.25, 0.3) is 4.85 Å². The number of anilines is 2. The lowest BCUT2D eigenvalue weighted by Gasteiger charge is -2.41. The maximum Gasteiger partial charge on any atom is 0.407 e. The van der Waals surface area contributed by atoms with Crippen molar-refractivity contribution in [2.24, 2.45) is 0 Å². The van der Waals surface area contributed by atoms with E-state index in [0.717, 1.165) is 24.0 Å². The molecule has 1 aromatic heterocycles. The number of likely N-dealkylation sites (tertiary alicyclic amines) is 1. The van der Waals surface area contributed by atoms with Crippen LogP contribution in [-0.2, 0) is 36.8 Å². The number of nitriles is 2. The van der Waals surface area contributed by atoms with Crippen molar-refractivity contribution in [1.82, 2.24) is 25.0 Å². The maximum atomic E-state index is 12.9. The average molecular weight is 1000 g/mol. The number of amides is 2. The van der Waals surface area contributed by atoms with E-state index in [4.69, 9.17) is 54.5 Å². The SMILES string of the molecule is CCOC(=O)c1c(N)c(C#N)c(N2CCC[C@@H](NC(=O)OC(C)(C)C)C2)n1Cc1ccccc1Cl.[C-]#[N+]/C(C#N)=C(/N(CC(=O)OCC)Cc1ccccc1Cl)N1CCC[C@@H](NC(=O)OC(C)(C)C)C1. The van der Waals surface area contributed by atoms with Crippen LogP contribution in [0.3, 0.4) is 0 Å². The van der Waals surface area contributed by atoms with Crippen LogP contribution in [0.2, 0.25) is 10.0 Å². The van der Waals surface area contributed by atoms with Crippen LogP contribution in [0.1, 0.15) is 108 Å². The van der Waals surface area contributed by atoms with Crippen LogP contribution >= 0.6 is 23.2 Å². The topological polar surface area (TPSA) is 222 Å². The number of rotatable bonds is 14. The highest BCUT2D eigenvalue weighted by molar-refractivity contribution is 6.31. The fourth-order valence-electron chi connectivity index (χ4n) is 7.98. The first-order valence-electron chi connectivity index (χ1n) is 23.1. The molecule has 376 valence electrons. The number of halogens is 2. The summed E-state index contributed by atoms with van der Waals surface area (Å²) in [6.45, 7) is 24.4. The lowest BCUT2D eigenvalue weighted by atomic mass is 10.1. The van der Waals surface area contributed by atoms with Crippen molar-refractivity contribution in [1.29, 1.82) is 10.5 Å². The number of hydrogen-bond donors (Lipinski definition) is 3. The Morgan fingerprint density at radius 2 is 1.39 bits per heavy atom. The molecule has 2 aliphatic heterocycles. The van der Waals surface area contributed by atoms with Crippen LogP contribution in [0.4, 0.5) is 21.1 Å². The number of nitrogens with one attached hydrogen (secondary N) is 2. The molecule has 18 nitrogen and oxygen atoms in total. The molecule has 2 aromatic carbocycles.